The van der Waals surface area contributed by atoms with Crippen molar-refractivity contribution in [3.63, 3.8) is 0 Å². The van der Waals surface area contributed by atoms with E-state index in [1.54, 1.807) is 15.9 Å². The van der Waals surface area contributed by atoms with Crippen molar-refractivity contribution in [2.24, 2.45) is 0 Å². The molecule has 0 spiro atoms. The average molecular weight is 300 g/mol. The number of carbonyl (C=O) groups is 1. The van der Waals surface area contributed by atoms with Crippen molar-refractivity contribution in [1.29, 1.82) is 0 Å². The lowest BCUT2D eigenvalue weighted by molar-refractivity contribution is -0.0137. The molecule has 1 atom stereocenters. The van der Waals surface area contributed by atoms with Crippen LogP contribution in [0.1, 0.15) is 16.9 Å². The number of aromatic amines is 1. The van der Waals surface area contributed by atoms with E-state index < -0.39 is 5.92 Å². The van der Waals surface area contributed by atoms with Crippen LogP contribution in [0.4, 0.5) is 8.78 Å². The zero-order chi connectivity index (χ0) is 15.0. The van der Waals surface area contributed by atoms with Crippen molar-refractivity contribution in [2.75, 3.05) is 33.4 Å². The van der Waals surface area contributed by atoms with Gasteiger partial charge in [0, 0.05) is 44.9 Å². The van der Waals surface area contributed by atoms with Gasteiger partial charge in [0.05, 0.1) is 13.2 Å². The molecule has 1 N–H and O–H groups in total. The molecular formula is C13H18F2N4O2. The Balaban J connectivity index is 1.59. The molecular weight excluding hydrogens is 282 g/mol. The maximum atomic E-state index is 13.6. The van der Waals surface area contributed by atoms with E-state index in [1.807, 2.05) is 0 Å². The lowest BCUT2D eigenvalue weighted by Crippen LogP contribution is -2.62. The third-order valence-corrected chi connectivity index (χ3v) is 4.13. The molecule has 2 saturated heterocycles. The summed E-state index contributed by atoms with van der Waals surface area (Å²) < 4.78 is 32.2. The Hall–Kier alpha value is -1.54. The molecule has 21 heavy (non-hydrogen) atoms. The van der Waals surface area contributed by atoms with Crippen LogP contribution in [0.2, 0.25) is 0 Å². The van der Waals surface area contributed by atoms with Crippen LogP contribution in [0.25, 0.3) is 0 Å². The molecule has 2 fully saturated rings. The summed E-state index contributed by atoms with van der Waals surface area (Å²) in [5.74, 6) is -2.81. The van der Waals surface area contributed by atoms with E-state index in [4.69, 9.17) is 4.74 Å². The number of hydrogen-bond acceptors (Lipinski definition) is 4. The Labute approximate surface area is 121 Å². The van der Waals surface area contributed by atoms with Crippen molar-refractivity contribution in [3.8, 4) is 0 Å². The second kappa shape index (κ2) is 5.34. The van der Waals surface area contributed by atoms with Crippen LogP contribution in [0, 0.1) is 0 Å². The van der Waals surface area contributed by atoms with Gasteiger partial charge in [-0.05, 0) is 6.07 Å². The molecule has 0 aromatic carbocycles. The summed E-state index contributed by atoms with van der Waals surface area (Å²) in [7, 11) is 1.52. The molecule has 8 heteroatoms. The summed E-state index contributed by atoms with van der Waals surface area (Å²) in [6.45, 7) is 0.973. The van der Waals surface area contributed by atoms with E-state index in [-0.39, 0.29) is 31.0 Å². The Bertz CT molecular complexity index is 502. The molecule has 116 valence electrons. The van der Waals surface area contributed by atoms with E-state index in [9.17, 15) is 13.6 Å². The van der Waals surface area contributed by atoms with Gasteiger partial charge >= 0.3 is 0 Å². The molecule has 0 radical (unpaired) electrons. The Kier molecular flexibility index (Phi) is 3.66. The smallest absolute Gasteiger partial charge is 0.271 e. The average Bonchev–Trinajstić information content (AvgIpc) is 2.96. The monoisotopic (exact) mass is 300 g/mol. The number of carbonyl (C=O) groups excluding carboxylic acids is 1. The van der Waals surface area contributed by atoms with Gasteiger partial charge < -0.3 is 9.64 Å². The Morgan fingerprint density at radius 1 is 1.57 bits per heavy atom. The minimum Gasteiger partial charge on any atom is -0.383 e. The van der Waals surface area contributed by atoms with E-state index >= 15 is 0 Å². The van der Waals surface area contributed by atoms with Gasteiger partial charge in [-0.1, -0.05) is 0 Å². The van der Waals surface area contributed by atoms with Crippen LogP contribution in [0.5, 0.6) is 0 Å². The highest BCUT2D eigenvalue weighted by Gasteiger charge is 2.50. The normalized spacial score (nSPS) is 26.0. The molecule has 2 aliphatic heterocycles. The van der Waals surface area contributed by atoms with Gasteiger partial charge in [-0.15, -0.1) is 0 Å². The fourth-order valence-electron chi connectivity index (χ4n) is 3.07. The van der Waals surface area contributed by atoms with Crippen LogP contribution in [0.3, 0.4) is 0 Å². The SMILES string of the molecule is COC[C@@H]1CC(F)(F)CN1C1CN(C(=O)c2ccn[nH]2)C1. The predicted octanol–water partition coefficient (Wildman–Crippen LogP) is 0.590. The van der Waals surface area contributed by atoms with E-state index in [1.165, 1.54) is 13.3 Å². The zero-order valence-electron chi connectivity index (χ0n) is 11.8. The predicted molar refractivity (Wildman–Crippen MR) is 70.2 cm³/mol. The number of aromatic nitrogens is 2. The maximum absolute atomic E-state index is 13.6. The number of nitrogens with zero attached hydrogens (tertiary/aromatic N) is 3. The maximum Gasteiger partial charge on any atom is 0.271 e. The number of H-pyrrole nitrogens is 1. The van der Waals surface area contributed by atoms with E-state index in [0.717, 1.165) is 0 Å². The summed E-state index contributed by atoms with van der Waals surface area (Å²) in [4.78, 5) is 15.5. The highest BCUT2D eigenvalue weighted by molar-refractivity contribution is 5.92. The number of likely N-dealkylation sites (tertiary alicyclic amines) is 2. The van der Waals surface area contributed by atoms with Crippen molar-refractivity contribution in [2.45, 2.75) is 24.4 Å². The number of ether oxygens (including phenoxy) is 1. The van der Waals surface area contributed by atoms with E-state index in [0.29, 0.717) is 25.4 Å². The first-order chi connectivity index (χ1) is 10.00. The lowest BCUT2D eigenvalue weighted by atomic mass is 10.1. The number of hydrogen-bond donors (Lipinski definition) is 1. The van der Waals surface area contributed by atoms with Crippen LogP contribution < -0.4 is 0 Å². The quantitative estimate of drug-likeness (QED) is 0.884. The van der Waals surface area contributed by atoms with Gasteiger partial charge in [-0.25, -0.2) is 8.78 Å². The molecule has 1 amide bonds. The van der Waals surface area contributed by atoms with Gasteiger partial charge in [0.1, 0.15) is 5.69 Å². The number of halogens is 2. The van der Waals surface area contributed by atoms with Crippen molar-refractivity contribution in [3.05, 3.63) is 18.0 Å². The zero-order valence-corrected chi connectivity index (χ0v) is 11.8. The summed E-state index contributed by atoms with van der Waals surface area (Å²) in [5, 5.41) is 6.36. The molecule has 0 unspecified atom stereocenters. The van der Waals surface area contributed by atoms with Crippen LogP contribution >= 0.6 is 0 Å². The minimum atomic E-state index is -2.67. The van der Waals surface area contributed by atoms with Crippen molar-refractivity contribution >= 4 is 5.91 Å². The highest BCUT2D eigenvalue weighted by Crippen LogP contribution is 2.35. The first-order valence-electron chi connectivity index (χ1n) is 6.91. The molecule has 1 aromatic rings. The second-order valence-electron chi connectivity index (χ2n) is 5.68. The first-order valence-corrected chi connectivity index (χ1v) is 6.91. The minimum absolute atomic E-state index is 0.0228. The summed E-state index contributed by atoms with van der Waals surface area (Å²) in [6, 6.07) is 1.30. The first kappa shape index (κ1) is 14.4. The van der Waals surface area contributed by atoms with Gasteiger partial charge in [-0.2, -0.15) is 5.10 Å². The van der Waals surface area contributed by atoms with E-state index in [2.05, 4.69) is 10.2 Å². The molecule has 0 saturated carbocycles. The lowest BCUT2D eigenvalue weighted by Gasteiger charge is -2.45. The standard InChI is InChI=1S/C13H18F2N4O2/c1-21-7-9-4-13(14,15)8-19(9)10-5-18(6-10)12(20)11-2-3-16-17-11/h2-3,9-10H,4-8H2,1H3,(H,16,17)/t9-/m0/s1. The number of alkyl halides is 2. The molecule has 3 heterocycles. The highest BCUT2D eigenvalue weighted by atomic mass is 19.3. The molecule has 0 bridgehead atoms. The summed E-state index contributed by atoms with van der Waals surface area (Å²) >= 11 is 0. The molecule has 6 nitrogen and oxygen atoms in total. The fraction of sp³-hybridized carbons (Fsp3) is 0.692. The van der Waals surface area contributed by atoms with Gasteiger partial charge in [0.25, 0.3) is 11.8 Å². The van der Waals surface area contributed by atoms with Crippen LogP contribution in [0.15, 0.2) is 12.3 Å². The third kappa shape index (κ3) is 2.77. The van der Waals surface area contributed by atoms with Crippen molar-refractivity contribution in [1.82, 2.24) is 20.0 Å². The Morgan fingerprint density at radius 2 is 2.33 bits per heavy atom. The Morgan fingerprint density at radius 3 is 2.95 bits per heavy atom. The molecule has 3 rings (SSSR count). The van der Waals surface area contributed by atoms with Gasteiger partial charge in [0.2, 0.25) is 0 Å². The number of amides is 1. The molecule has 0 aliphatic carbocycles. The number of methoxy groups -OCH3 is 1. The van der Waals surface area contributed by atoms with Crippen LogP contribution in [-0.4, -0.2) is 77.3 Å². The number of nitrogens with one attached hydrogen (secondary N) is 1. The molecule has 2 aliphatic rings. The number of rotatable bonds is 4. The topological polar surface area (TPSA) is 61.5 Å². The van der Waals surface area contributed by atoms with Crippen LogP contribution in [-0.2, 0) is 4.74 Å². The molecule has 1 aromatic heterocycles. The van der Waals surface area contributed by atoms with Gasteiger partial charge in [0.15, 0.2) is 0 Å². The van der Waals surface area contributed by atoms with Gasteiger partial charge in [-0.3, -0.25) is 14.8 Å². The largest absolute Gasteiger partial charge is 0.383 e. The third-order valence-electron chi connectivity index (χ3n) is 4.13. The second-order valence-corrected chi connectivity index (χ2v) is 5.68. The summed E-state index contributed by atoms with van der Waals surface area (Å²) in [5.41, 5.74) is 0.425. The van der Waals surface area contributed by atoms with Crippen molar-refractivity contribution < 1.29 is 18.3 Å². The summed E-state index contributed by atoms with van der Waals surface area (Å²) in [6.07, 6.45) is 1.34. The fourth-order valence-corrected chi connectivity index (χ4v) is 3.07.